The highest BCUT2D eigenvalue weighted by Crippen LogP contribution is 2.32. The van der Waals surface area contributed by atoms with Gasteiger partial charge < -0.3 is 14.4 Å². The van der Waals surface area contributed by atoms with E-state index in [4.69, 9.17) is 9.47 Å². The highest BCUT2D eigenvalue weighted by molar-refractivity contribution is 7.20. The zero-order valence-electron chi connectivity index (χ0n) is 18.0. The Labute approximate surface area is 190 Å². The van der Waals surface area contributed by atoms with Crippen LogP contribution < -0.4 is 9.47 Å². The lowest BCUT2D eigenvalue weighted by Gasteiger charge is -2.31. The van der Waals surface area contributed by atoms with Crippen LogP contribution in [0.1, 0.15) is 28.9 Å². The molecule has 2 aromatic heterocycles. The first-order valence-corrected chi connectivity index (χ1v) is 11.4. The summed E-state index contributed by atoms with van der Waals surface area (Å²) in [5, 5.41) is 5.10. The first-order valence-electron chi connectivity index (χ1n) is 10.6. The van der Waals surface area contributed by atoms with Crippen molar-refractivity contribution in [3.8, 4) is 16.6 Å². The molecule has 3 heterocycles. The van der Waals surface area contributed by atoms with Gasteiger partial charge in [-0.1, -0.05) is 29.5 Å². The van der Waals surface area contributed by atoms with Crippen molar-refractivity contribution in [2.24, 2.45) is 0 Å². The molecule has 5 rings (SSSR count). The summed E-state index contributed by atoms with van der Waals surface area (Å²) in [6.07, 6.45) is 3.27. The van der Waals surface area contributed by atoms with Crippen LogP contribution in [0.2, 0.25) is 0 Å². The minimum absolute atomic E-state index is 0.0233. The smallest absolute Gasteiger partial charge is 0.274 e. The number of amides is 1. The van der Waals surface area contributed by atoms with E-state index >= 15 is 0 Å². The Morgan fingerprint density at radius 1 is 1.12 bits per heavy atom. The van der Waals surface area contributed by atoms with Gasteiger partial charge in [-0.2, -0.15) is 5.10 Å². The Kier molecular flexibility index (Phi) is 5.53. The third-order valence-corrected chi connectivity index (χ3v) is 6.74. The molecule has 1 amide bonds. The molecule has 0 atom stereocenters. The molecule has 0 N–H and O–H groups in total. The highest BCUT2D eigenvalue weighted by atomic mass is 32.1. The molecule has 1 aliphatic rings. The number of piperidine rings is 1. The average molecular weight is 449 g/mol. The van der Waals surface area contributed by atoms with Crippen LogP contribution in [-0.4, -0.2) is 51.9 Å². The minimum atomic E-state index is 0.0233. The van der Waals surface area contributed by atoms with Crippen LogP contribution in [0, 0.1) is 6.92 Å². The summed E-state index contributed by atoms with van der Waals surface area (Å²) in [4.78, 5) is 19.6. The number of rotatable bonds is 5. The third-order valence-electron chi connectivity index (χ3n) is 5.81. The molecule has 4 aromatic rings. The van der Waals surface area contributed by atoms with Gasteiger partial charge >= 0.3 is 0 Å². The number of benzene rings is 2. The van der Waals surface area contributed by atoms with E-state index in [2.05, 4.69) is 10.1 Å². The molecule has 1 fully saturated rings. The molecule has 7 nitrogen and oxygen atoms in total. The molecule has 164 valence electrons. The molecule has 0 unspecified atom stereocenters. The van der Waals surface area contributed by atoms with E-state index in [9.17, 15) is 4.79 Å². The van der Waals surface area contributed by atoms with Gasteiger partial charge in [0.2, 0.25) is 0 Å². The van der Waals surface area contributed by atoms with E-state index in [0.717, 1.165) is 40.2 Å². The fourth-order valence-corrected chi connectivity index (χ4v) is 4.86. The van der Waals surface area contributed by atoms with E-state index in [-0.39, 0.29) is 12.0 Å². The summed E-state index contributed by atoms with van der Waals surface area (Å²) >= 11 is 1.54. The molecule has 1 saturated heterocycles. The number of nitrogens with zero attached hydrogens (tertiary/aromatic N) is 4. The van der Waals surface area contributed by atoms with E-state index in [1.165, 1.54) is 11.3 Å². The standard InChI is InChI=1S/C24H24N4O3S/c1-16-20(15-25-28(16)17-6-4-3-5-7-17)23(29)27-12-10-18(11-13-27)31-24-26-21-14-19(30-2)8-9-22(21)32-24/h3-9,14-15,18H,10-13H2,1-2H3. The van der Waals surface area contributed by atoms with Crippen LogP contribution >= 0.6 is 11.3 Å². The number of likely N-dealkylation sites (tertiary alicyclic amines) is 1. The normalized spacial score (nSPS) is 14.6. The van der Waals surface area contributed by atoms with Gasteiger partial charge in [0.05, 0.1) is 40.5 Å². The Hall–Kier alpha value is -3.39. The minimum Gasteiger partial charge on any atom is -0.497 e. The number of thiazole rings is 1. The van der Waals surface area contributed by atoms with Gasteiger partial charge in [0.1, 0.15) is 11.9 Å². The number of fused-ring (bicyclic) bond motifs is 1. The average Bonchev–Trinajstić information content (AvgIpc) is 3.41. The molecular weight excluding hydrogens is 424 g/mol. The number of carbonyl (C=O) groups is 1. The second-order valence-electron chi connectivity index (χ2n) is 7.81. The molecule has 0 aliphatic carbocycles. The quantitative estimate of drug-likeness (QED) is 0.450. The van der Waals surface area contributed by atoms with Crippen molar-refractivity contribution in [2.45, 2.75) is 25.9 Å². The van der Waals surface area contributed by atoms with Crippen LogP contribution in [-0.2, 0) is 0 Å². The van der Waals surface area contributed by atoms with Crippen molar-refractivity contribution in [3.05, 3.63) is 66.0 Å². The number of aromatic nitrogens is 3. The van der Waals surface area contributed by atoms with Crippen molar-refractivity contribution >= 4 is 27.5 Å². The Bertz CT molecular complexity index is 1240. The fraction of sp³-hybridized carbons (Fsp3) is 0.292. The Morgan fingerprint density at radius 3 is 2.66 bits per heavy atom. The maximum Gasteiger partial charge on any atom is 0.274 e. The van der Waals surface area contributed by atoms with Crippen LogP contribution in [0.3, 0.4) is 0 Å². The van der Waals surface area contributed by atoms with Gasteiger partial charge in [0.25, 0.3) is 11.1 Å². The lowest BCUT2D eigenvalue weighted by molar-refractivity contribution is 0.0595. The van der Waals surface area contributed by atoms with Crippen molar-refractivity contribution in [1.29, 1.82) is 0 Å². The summed E-state index contributed by atoms with van der Waals surface area (Å²) in [5.74, 6) is 0.808. The van der Waals surface area contributed by atoms with Gasteiger partial charge in [-0.3, -0.25) is 4.79 Å². The number of ether oxygens (including phenoxy) is 2. The molecule has 8 heteroatoms. The van der Waals surface area contributed by atoms with Gasteiger partial charge in [-0.25, -0.2) is 9.67 Å². The number of para-hydroxylation sites is 1. The molecule has 0 spiro atoms. The lowest BCUT2D eigenvalue weighted by atomic mass is 10.1. The maximum atomic E-state index is 13.1. The highest BCUT2D eigenvalue weighted by Gasteiger charge is 2.27. The van der Waals surface area contributed by atoms with Crippen molar-refractivity contribution in [1.82, 2.24) is 19.7 Å². The number of hydrogen-bond donors (Lipinski definition) is 0. The van der Waals surface area contributed by atoms with Crippen LogP contribution in [0.15, 0.2) is 54.7 Å². The molecule has 0 bridgehead atoms. The van der Waals surface area contributed by atoms with E-state index < -0.39 is 0 Å². The van der Waals surface area contributed by atoms with Crippen LogP contribution in [0.5, 0.6) is 10.9 Å². The topological polar surface area (TPSA) is 69.5 Å². The van der Waals surface area contributed by atoms with Crippen molar-refractivity contribution in [2.75, 3.05) is 20.2 Å². The first-order chi connectivity index (χ1) is 15.6. The van der Waals surface area contributed by atoms with Crippen molar-refractivity contribution < 1.29 is 14.3 Å². The van der Waals surface area contributed by atoms with Crippen molar-refractivity contribution in [3.63, 3.8) is 0 Å². The molecular formula is C24H24N4O3S. The monoisotopic (exact) mass is 448 g/mol. The zero-order chi connectivity index (χ0) is 22.1. The zero-order valence-corrected chi connectivity index (χ0v) is 18.8. The second-order valence-corrected chi connectivity index (χ2v) is 8.81. The summed E-state index contributed by atoms with van der Waals surface area (Å²) in [7, 11) is 1.65. The largest absolute Gasteiger partial charge is 0.497 e. The molecule has 32 heavy (non-hydrogen) atoms. The van der Waals surface area contributed by atoms with E-state index in [1.54, 1.807) is 13.3 Å². The SMILES string of the molecule is COc1ccc2sc(OC3CCN(C(=O)c4cnn(-c5ccccc5)c4C)CC3)nc2c1. The predicted octanol–water partition coefficient (Wildman–Crippen LogP) is 4.48. The number of carbonyl (C=O) groups excluding carboxylic acids is 1. The summed E-state index contributed by atoms with van der Waals surface area (Å²) in [6, 6.07) is 15.7. The molecule has 0 saturated carbocycles. The van der Waals surface area contributed by atoms with E-state index in [1.807, 2.05) is 65.0 Å². The predicted molar refractivity (Wildman–Crippen MR) is 124 cm³/mol. The number of hydrogen-bond acceptors (Lipinski definition) is 6. The molecule has 2 aromatic carbocycles. The Morgan fingerprint density at radius 2 is 1.91 bits per heavy atom. The van der Waals surface area contributed by atoms with Gasteiger partial charge in [0.15, 0.2) is 0 Å². The van der Waals surface area contributed by atoms with Crippen LogP contribution in [0.25, 0.3) is 15.9 Å². The second kappa shape index (κ2) is 8.63. The summed E-state index contributed by atoms with van der Waals surface area (Å²) < 4.78 is 14.3. The molecule has 0 radical (unpaired) electrons. The first kappa shape index (κ1) is 20.5. The molecule has 1 aliphatic heterocycles. The van der Waals surface area contributed by atoms with Crippen LogP contribution in [0.4, 0.5) is 0 Å². The summed E-state index contributed by atoms with van der Waals surface area (Å²) in [5.41, 5.74) is 3.32. The fourth-order valence-electron chi connectivity index (χ4n) is 4.00. The van der Waals surface area contributed by atoms with Gasteiger partial charge in [-0.15, -0.1) is 0 Å². The van der Waals surface area contributed by atoms with Gasteiger partial charge in [-0.05, 0) is 31.2 Å². The third kappa shape index (κ3) is 3.93. The lowest BCUT2D eigenvalue weighted by Crippen LogP contribution is -2.41. The van der Waals surface area contributed by atoms with Gasteiger partial charge in [0, 0.05) is 32.0 Å². The number of methoxy groups -OCH3 is 1. The Balaban J connectivity index is 1.22. The van der Waals surface area contributed by atoms with E-state index in [0.29, 0.717) is 23.8 Å². The summed E-state index contributed by atoms with van der Waals surface area (Å²) in [6.45, 7) is 3.24. The maximum absolute atomic E-state index is 13.1.